The van der Waals surface area contributed by atoms with Crippen molar-refractivity contribution in [2.45, 2.75) is 25.9 Å². The number of nitrogens with zero attached hydrogens (tertiary/aromatic N) is 1. The lowest BCUT2D eigenvalue weighted by Gasteiger charge is -2.13. The minimum atomic E-state index is -3.09. The van der Waals surface area contributed by atoms with E-state index < -0.39 is 16.2 Å². The summed E-state index contributed by atoms with van der Waals surface area (Å²) in [4.78, 5) is 0. The summed E-state index contributed by atoms with van der Waals surface area (Å²) >= 11 is 0. The van der Waals surface area contributed by atoms with Crippen molar-refractivity contribution in [1.82, 2.24) is 4.31 Å². The van der Waals surface area contributed by atoms with E-state index in [4.69, 9.17) is 0 Å². The summed E-state index contributed by atoms with van der Waals surface area (Å²) in [5.41, 5.74) is 0. The summed E-state index contributed by atoms with van der Waals surface area (Å²) in [6.07, 6.45) is 1.28. The van der Waals surface area contributed by atoms with Crippen LogP contribution in [0.4, 0.5) is 4.39 Å². The molecule has 1 unspecified atom stereocenters. The zero-order valence-corrected chi connectivity index (χ0v) is 8.57. The van der Waals surface area contributed by atoms with E-state index in [1.165, 1.54) is 18.3 Å². The maximum Gasteiger partial charge on any atom is 0.210 e. The van der Waals surface area contributed by atoms with E-state index in [2.05, 4.69) is 0 Å². The first-order valence-corrected chi connectivity index (χ1v) is 5.74. The fourth-order valence-corrected chi connectivity index (χ4v) is 1.22. The quantitative estimate of drug-likeness (QED) is 0.659. The van der Waals surface area contributed by atoms with Gasteiger partial charge >= 0.3 is 0 Å². The topological polar surface area (TPSA) is 37.4 Å². The van der Waals surface area contributed by atoms with E-state index >= 15 is 0 Å². The summed E-state index contributed by atoms with van der Waals surface area (Å²) < 4.78 is 35.2. The molecule has 1 atom stereocenters. The van der Waals surface area contributed by atoms with Crippen molar-refractivity contribution < 1.29 is 12.8 Å². The lowest BCUT2D eigenvalue weighted by atomic mass is 10.2. The molecule has 0 saturated carbocycles. The predicted octanol–water partition coefficient (Wildman–Crippen LogP) is 1.02. The molecule has 0 bridgehead atoms. The Morgan fingerprint density at radius 1 is 1.50 bits per heavy atom. The Morgan fingerprint density at radius 2 is 2.00 bits per heavy atom. The normalized spacial score (nSPS) is 15.1. The predicted molar refractivity (Wildman–Crippen MR) is 47.3 cm³/mol. The molecule has 3 nitrogen and oxygen atoms in total. The summed E-state index contributed by atoms with van der Waals surface area (Å²) in [5.74, 6) is 0. The molecule has 0 amide bonds. The highest BCUT2D eigenvalue weighted by Gasteiger charge is 2.10. The summed E-state index contributed by atoms with van der Waals surface area (Å²) in [6, 6.07) is 0. The van der Waals surface area contributed by atoms with Gasteiger partial charge in [0.05, 0.1) is 12.4 Å². The average molecular weight is 197 g/mol. The average Bonchev–Trinajstić information content (AvgIpc) is 1.84. The highest BCUT2D eigenvalue weighted by Crippen LogP contribution is 2.03. The lowest BCUT2D eigenvalue weighted by molar-refractivity contribution is 0.322. The highest BCUT2D eigenvalue weighted by molar-refractivity contribution is 7.88. The largest absolute Gasteiger partial charge is 0.248 e. The Balaban J connectivity index is 3.66. The van der Waals surface area contributed by atoms with E-state index in [0.29, 0.717) is 19.4 Å². The van der Waals surface area contributed by atoms with Crippen molar-refractivity contribution in [2.24, 2.45) is 0 Å². The first-order chi connectivity index (χ1) is 5.34. The molecule has 0 aliphatic heterocycles. The molecule has 0 radical (unpaired) electrons. The maximum absolute atomic E-state index is 12.3. The van der Waals surface area contributed by atoms with Gasteiger partial charge in [-0.15, -0.1) is 0 Å². The fraction of sp³-hybridized carbons (Fsp3) is 1.00. The van der Waals surface area contributed by atoms with Crippen molar-refractivity contribution in [3.8, 4) is 0 Å². The number of hydrogen-bond donors (Lipinski definition) is 0. The standard InChI is InChI=1S/C7H16FNO2S/c1-7(8)5-4-6-9(2)12(3,10)11/h7H,4-6H2,1-3H3. The molecule has 5 heteroatoms. The van der Waals surface area contributed by atoms with E-state index in [1.54, 1.807) is 0 Å². The molecule has 74 valence electrons. The van der Waals surface area contributed by atoms with Crippen LogP contribution in [0.3, 0.4) is 0 Å². The van der Waals surface area contributed by atoms with Crippen molar-refractivity contribution >= 4 is 10.0 Å². The zero-order chi connectivity index (χ0) is 9.78. The summed E-state index contributed by atoms with van der Waals surface area (Å²) in [6.45, 7) is 1.87. The van der Waals surface area contributed by atoms with E-state index in [0.717, 1.165) is 6.26 Å². The Hall–Kier alpha value is -0.160. The summed E-state index contributed by atoms with van der Waals surface area (Å²) in [5, 5.41) is 0. The second kappa shape index (κ2) is 4.77. The first-order valence-electron chi connectivity index (χ1n) is 3.89. The molecule has 0 aliphatic carbocycles. The fourth-order valence-electron chi connectivity index (χ4n) is 0.761. The third-order valence-electron chi connectivity index (χ3n) is 1.64. The number of rotatable bonds is 5. The molecule has 12 heavy (non-hydrogen) atoms. The van der Waals surface area contributed by atoms with Gasteiger partial charge in [0.1, 0.15) is 0 Å². The van der Waals surface area contributed by atoms with Crippen LogP contribution in [0, 0.1) is 0 Å². The van der Waals surface area contributed by atoms with Gasteiger partial charge in [0.15, 0.2) is 0 Å². The molecule has 0 aromatic carbocycles. The smallest absolute Gasteiger partial charge is 0.210 e. The molecule has 0 saturated heterocycles. The van der Waals surface area contributed by atoms with Crippen molar-refractivity contribution in [3.05, 3.63) is 0 Å². The number of alkyl halides is 1. The first kappa shape index (κ1) is 11.8. The molecule has 0 spiro atoms. The van der Waals surface area contributed by atoms with E-state index in [9.17, 15) is 12.8 Å². The van der Waals surface area contributed by atoms with Crippen LogP contribution < -0.4 is 0 Å². The highest BCUT2D eigenvalue weighted by atomic mass is 32.2. The number of sulfonamides is 1. The minimum Gasteiger partial charge on any atom is -0.248 e. The Kier molecular flexibility index (Phi) is 4.70. The van der Waals surface area contributed by atoms with Gasteiger partial charge in [0.25, 0.3) is 0 Å². The van der Waals surface area contributed by atoms with Crippen LogP contribution >= 0.6 is 0 Å². The van der Waals surface area contributed by atoms with Gasteiger partial charge in [-0.2, -0.15) is 0 Å². The molecule has 0 heterocycles. The SMILES string of the molecule is CC(F)CCCN(C)S(C)(=O)=O. The van der Waals surface area contributed by atoms with Crippen LogP contribution in [0.25, 0.3) is 0 Å². The number of halogens is 1. The Morgan fingerprint density at radius 3 is 2.33 bits per heavy atom. The molecular formula is C7H16FNO2S. The third kappa shape index (κ3) is 5.49. The third-order valence-corrected chi connectivity index (χ3v) is 2.96. The maximum atomic E-state index is 12.3. The van der Waals surface area contributed by atoms with Gasteiger partial charge in [0, 0.05) is 13.6 Å². The molecular weight excluding hydrogens is 181 g/mol. The second-order valence-corrected chi connectivity index (χ2v) is 5.10. The van der Waals surface area contributed by atoms with Gasteiger partial charge < -0.3 is 0 Å². The molecule has 0 aromatic heterocycles. The van der Waals surface area contributed by atoms with Gasteiger partial charge in [0.2, 0.25) is 10.0 Å². The van der Waals surface area contributed by atoms with Gasteiger partial charge in [-0.3, -0.25) is 0 Å². The molecule has 0 rings (SSSR count). The Bertz CT molecular complexity index is 213. The number of hydrogen-bond acceptors (Lipinski definition) is 2. The van der Waals surface area contributed by atoms with E-state index in [-0.39, 0.29) is 0 Å². The molecule has 0 fully saturated rings. The summed E-state index contributed by atoms with van der Waals surface area (Å²) in [7, 11) is -1.59. The van der Waals surface area contributed by atoms with Crippen LogP contribution in [-0.4, -0.2) is 38.7 Å². The van der Waals surface area contributed by atoms with Crippen LogP contribution in [0.1, 0.15) is 19.8 Å². The van der Waals surface area contributed by atoms with Crippen LogP contribution in [-0.2, 0) is 10.0 Å². The van der Waals surface area contributed by atoms with Crippen molar-refractivity contribution in [1.29, 1.82) is 0 Å². The molecule has 0 N–H and O–H groups in total. The lowest BCUT2D eigenvalue weighted by Crippen LogP contribution is -2.26. The minimum absolute atomic E-state index is 0.396. The van der Waals surface area contributed by atoms with Gasteiger partial charge in [-0.1, -0.05) is 0 Å². The van der Waals surface area contributed by atoms with Crippen LogP contribution in [0.5, 0.6) is 0 Å². The monoisotopic (exact) mass is 197 g/mol. The molecule has 0 aromatic rings. The van der Waals surface area contributed by atoms with Crippen molar-refractivity contribution in [3.63, 3.8) is 0 Å². The van der Waals surface area contributed by atoms with Gasteiger partial charge in [-0.25, -0.2) is 17.1 Å². The molecule has 0 aliphatic rings. The van der Waals surface area contributed by atoms with E-state index in [1.807, 2.05) is 0 Å². The van der Waals surface area contributed by atoms with Crippen LogP contribution in [0.2, 0.25) is 0 Å². The van der Waals surface area contributed by atoms with Gasteiger partial charge in [-0.05, 0) is 19.8 Å². The van der Waals surface area contributed by atoms with Crippen molar-refractivity contribution in [2.75, 3.05) is 19.8 Å². The second-order valence-electron chi connectivity index (χ2n) is 3.01. The Labute approximate surface area is 73.6 Å². The van der Waals surface area contributed by atoms with Crippen LogP contribution in [0.15, 0.2) is 0 Å². The zero-order valence-electron chi connectivity index (χ0n) is 7.75.